The monoisotopic (exact) mass is 506 g/mol. The summed E-state index contributed by atoms with van der Waals surface area (Å²) in [5, 5.41) is 6.61. The molecule has 0 saturated heterocycles. The van der Waals surface area contributed by atoms with E-state index in [0.29, 0.717) is 16.6 Å². The van der Waals surface area contributed by atoms with Crippen LogP contribution in [0.4, 0.5) is 37.7 Å². The zero-order valence-electron chi connectivity index (χ0n) is 17.4. The van der Waals surface area contributed by atoms with Gasteiger partial charge in [0.2, 0.25) is 0 Å². The molecule has 2 aromatic rings. The molecule has 0 saturated carbocycles. The molecule has 0 aromatic heterocycles. The van der Waals surface area contributed by atoms with Gasteiger partial charge in [-0.05, 0) is 60.8 Å². The van der Waals surface area contributed by atoms with Crippen LogP contribution in [-0.4, -0.2) is 18.4 Å². The lowest BCUT2D eigenvalue weighted by Crippen LogP contribution is -2.29. The number of carbonyl (C=O) groups is 1. The number of hydrogen-bond acceptors (Lipinski definition) is 6. The number of allylic oxidation sites excluding steroid dienone is 1. The molecule has 0 unspecified atom stereocenters. The van der Waals surface area contributed by atoms with Crippen LogP contribution in [0.5, 0.6) is 0 Å². The van der Waals surface area contributed by atoms with E-state index in [1.54, 1.807) is 24.3 Å². The number of nitrogens with one attached hydrogen (secondary N) is 2. The quantitative estimate of drug-likeness (QED) is 0.0953. The Morgan fingerprint density at radius 2 is 1.76 bits per heavy atom. The third kappa shape index (κ3) is 8.19. The van der Waals surface area contributed by atoms with Gasteiger partial charge in [-0.25, -0.2) is 5.84 Å². The minimum Gasteiger partial charge on any atom is -0.326 e. The Kier molecular flexibility index (Phi) is 8.81. The molecule has 2 aromatic carbocycles. The third-order valence-corrected chi connectivity index (χ3v) is 5.03. The fraction of sp³-hybridized carbons (Fsp3) is 0.200. The van der Waals surface area contributed by atoms with Gasteiger partial charge in [0.25, 0.3) is 5.91 Å². The molecular weight excluding hydrogens is 486 g/mol. The number of hydrazine groups is 1. The first-order chi connectivity index (χ1) is 15.8. The van der Waals surface area contributed by atoms with Gasteiger partial charge in [0.15, 0.2) is 0 Å². The van der Waals surface area contributed by atoms with E-state index < -0.39 is 36.7 Å². The molecule has 14 heteroatoms. The summed E-state index contributed by atoms with van der Waals surface area (Å²) >= 11 is 0.905. The highest BCUT2D eigenvalue weighted by Crippen LogP contribution is 2.34. The second-order valence-corrected chi connectivity index (χ2v) is 7.68. The van der Waals surface area contributed by atoms with Crippen molar-refractivity contribution in [2.75, 3.05) is 9.73 Å². The number of hydrogen-bond donors (Lipinski definition) is 4. The normalized spacial score (nSPS) is 12.0. The van der Waals surface area contributed by atoms with Gasteiger partial charge < -0.3 is 15.9 Å². The summed E-state index contributed by atoms with van der Waals surface area (Å²) in [7, 11) is 0. The first-order valence-electron chi connectivity index (χ1n) is 9.37. The van der Waals surface area contributed by atoms with Gasteiger partial charge in [-0.1, -0.05) is 6.58 Å². The van der Waals surface area contributed by atoms with Crippen LogP contribution in [0.15, 0.2) is 64.7 Å². The Labute approximate surface area is 195 Å². The molecule has 34 heavy (non-hydrogen) atoms. The van der Waals surface area contributed by atoms with Crippen molar-refractivity contribution >= 4 is 35.6 Å². The predicted octanol–water partition coefficient (Wildman–Crippen LogP) is 4.99. The average molecular weight is 506 g/mol. The number of amides is 1. The first-order valence-corrected chi connectivity index (χ1v) is 10.2. The van der Waals surface area contributed by atoms with Crippen LogP contribution in [0.3, 0.4) is 0 Å². The van der Waals surface area contributed by atoms with E-state index in [1.165, 1.54) is 0 Å². The molecule has 0 aliphatic rings. The van der Waals surface area contributed by atoms with Crippen molar-refractivity contribution in [2.45, 2.75) is 30.1 Å². The molecule has 0 aliphatic carbocycles. The van der Waals surface area contributed by atoms with Crippen LogP contribution in [0.1, 0.15) is 28.8 Å². The number of nitrogens with two attached hydrogens (primary N) is 2. The fourth-order valence-electron chi connectivity index (χ4n) is 2.52. The number of anilines is 2. The van der Waals surface area contributed by atoms with Gasteiger partial charge in [0.05, 0.1) is 22.5 Å². The third-order valence-electron chi connectivity index (χ3n) is 4.20. The summed E-state index contributed by atoms with van der Waals surface area (Å²) in [4.78, 5) is 13.1. The molecule has 6 N–H and O–H groups in total. The minimum absolute atomic E-state index is 0.194. The highest BCUT2D eigenvalue weighted by Gasteiger charge is 2.32. The maximum Gasteiger partial charge on any atom is 0.416 e. The zero-order valence-corrected chi connectivity index (χ0v) is 18.2. The van der Waals surface area contributed by atoms with Gasteiger partial charge in [0, 0.05) is 17.0 Å². The van der Waals surface area contributed by atoms with Crippen LogP contribution < -0.4 is 26.7 Å². The second-order valence-electron chi connectivity index (χ2n) is 6.80. The van der Waals surface area contributed by atoms with Crippen LogP contribution >= 0.6 is 11.9 Å². The van der Waals surface area contributed by atoms with E-state index in [9.17, 15) is 31.1 Å². The molecule has 0 aliphatic heterocycles. The summed E-state index contributed by atoms with van der Waals surface area (Å²) in [5.74, 6) is 9.80. The van der Waals surface area contributed by atoms with Crippen molar-refractivity contribution in [1.82, 2.24) is 5.32 Å². The summed E-state index contributed by atoms with van der Waals surface area (Å²) in [5.41, 5.74) is -1.12. The highest BCUT2D eigenvalue weighted by atomic mass is 32.2. The number of alkyl halides is 6. The lowest BCUT2D eigenvalue weighted by atomic mass is 10.1. The maximum atomic E-state index is 13.2. The second kappa shape index (κ2) is 11.2. The summed E-state index contributed by atoms with van der Waals surface area (Å²) in [6.07, 6.45) is -9.72. The van der Waals surface area contributed by atoms with Gasteiger partial charge in [0.1, 0.15) is 6.34 Å². The van der Waals surface area contributed by atoms with Crippen molar-refractivity contribution < 1.29 is 31.1 Å². The molecule has 0 atom stereocenters. The number of hydrazone groups is 1. The van der Waals surface area contributed by atoms with E-state index in [0.717, 1.165) is 35.4 Å². The Hall–Kier alpha value is -3.39. The minimum atomic E-state index is -4.68. The number of carbonyl (C=O) groups excluding carboxylic acids is 1. The first kappa shape index (κ1) is 26.9. The smallest absolute Gasteiger partial charge is 0.326 e. The van der Waals surface area contributed by atoms with Crippen LogP contribution in [0.25, 0.3) is 0 Å². The van der Waals surface area contributed by atoms with Gasteiger partial charge in [-0.15, -0.1) is 0 Å². The average Bonchev–Trinajstić information content (AvgIpc) is 2.75. The van der Waals surface area contributed by atoms with Gasteiger partial charge in [-0.2, -0.15) is 31.4 Å². The molecule has 0 radical (unpaired) electrons. The molecular formula is C20H20F6N6OS. The number of rotatable bonds is 9. The molecule has 1 amide bonds. The Morgan fingerprint density at radius 1 is 1.12 bits per heavy atom. The number of nitrogens with zero attached hydrogens (tertiary/aromatic N) is 2. The Morgan fingerprint density at radius 3 is 2.32 bits per heavy atom. The largest absolute Gasteiger partial charge is 0.416 e. The topological polar surface area (TPSA) is 109 Å². The van der Waals surface area contributed by atoms with E-state index in [2.05, 4.69) is 21.7 Å². The van der Waals surface area contributed by atoms with Crippen LogP contribution in [0, 0.1) is 0 Å². The van der Waals surface area contributed by atoms with E-state index in [1.807, 2.05) is 0 Å². The summed E-state index contributed by atoms with van der Waals surface area (Å²) in [6.45, 7) is 3.37. The maximum absolute atomic E-state index is 13.2. The number of benzene rings is 2. The SMILES string of the molecule is C=C(CCC(F)(F)F)NC(=O)c1ccc(C(F)(F)F)cc1NSc1ccc(N(N)/C=N\N)cc1. The van der Waals surface area contributed by atoms with E-state index in [4.69, 9.17) is 11.7 Å². The van der Waals surface area contributed by atoms with Crippen LogP contribution in [0.2, 0.25) is 0 Å². The fourth-order valence-corrected chi connectivity index (χ4v) is 3.19. The molecule has 0 fully saturated rings. The standard InChI is InChI=1S/C20H20F6N6OS/c1-12(8-9-19(21,22)23)30-18(33)16-7-2-13(20(24,25)26)10-17(16)31-34-15-5-3-14(4-6-15)32(28)11-29-27/h2-7,10-11,31H,1,8-9,27-28H2,(H,30,33)/b29-11-. The Bertz CT molecular complexity index is 1040. The summed E-state index contributed by atoms with van der Waals surface area (Å²) in [6, 6.07) is 8.75. The van der Waals surface area contributed by atoms with E-state index in [-0.39, 0.29) is 16.9 Å². The van der Waals surface area contributed by atoms with Crippen molar-refractivity contribution in [3.63, 3.8) is 0 Å². The van der Waals surface area contributed by atoms with Crippen molar-refractivity contribution in [3.8, 4) is 0 Å². The van der Waals surface area contributed by atoms with Crippen molar-refractivity contribution in [1.29, 1.82) is 0 Å². The van der Waals surface area contributed by atoms with Crippen molar-refractivity contribution in [3.05, 3.63) is 65.9 Å². The lowest BCUT2D eigenvalue weighted by molar-refractivity contribution is -0.137. The highest BCUT2D eigenvalue weighted by molar-refractivity contribution is 8.00. The summed E-state index contributed by atoms with van der Waals surface area (Å²) < 4.78 is 79.3. The van der Waals surface area contributed by atoms with Crippen LogP contribution in [-0.2, 0) is 6.18 Å². The zero-order chi connectivity index (χ0) is 25.5. The molecule has 7 nitrogen and oxygen atoms in total. The molecule has 184 valence electrons. The lowest BCUT2D eigenvalue weighted by Gasteiger charge is -2.16. The number of halogens is 6. The van der Waals surface area contributed by atoms with Gasteiger partial charge in [-0.3, -0.25) is 9.80 Å². The molecule has 0 bridgehead atoms. The Balaban J connectivity index is 2.20. The predicted molar refractivity (Wildman–Crippen MR) is 119 cm³/mol. The molecule has 0 heterocycles. The molecule has 2 rings (SSSR count). The van der Waals surface area contributed by atoms with E-state index >= 15 is 0 Å². The van der Waals surface area contributed by atoms with Gasteiger partial charge >= 0.3 is 12.4 Å². The van der Waals surface area contributed by atoms with Crippen molar-refractivity contribution in [2.24, 2.45) is 16.8 Å². The molecule has 0 spiro atoms.